The summed E-state index contributed by atoms with van der Waals surface area (Å²) >= 11 is 0. The van der Waals surface area contributed by atoms with Gasteiger partial charge in [-0.3, -0.25) is 9.78 Å². The van der Waals surface area contributed by atoms with Crippen LogP contribution in [0.15, 0.2) is 42.7 Å². The first-order chi connectivity index (χ1) is 9.93. The third kappa shape index (κ3) is 3.46. The van der Waals surface area contributed by atoms with E-state index >= 15 is 0 Å². The average Bonchev–Trinajstić information content (AvgIpc) is 2.47. The lowest BCUT2D eigenvalue weighted by Crippen LogP contribution is -2.16. The summed E-state index contributed by atoms with van der Waals surface area (Å²) in [6.07, 6.45) is -2.74. The Morgan fingerprint density at radius 3 is 2.43 bits per heavy atom. The maximum Gasteiger partial charge on any atom is 0.417 e. The number of rotatable bonds is 4. The summed E-state index contributed by atoms with van der Waals surface area (Å²) in [5, 5.41) is 0. The van der Waals surface area contributed by atoms with E-state index in [0.29, 0.717) is 5.56 Å². The maximum absolute atomic E-state index is 12.9. The first-order valence-corrected chi connectivity index (χ1v) is 6.24. The van der Waals surface area contributed by atoms with Crippen molar-refractivity contribution in [2.45, 2.75) is 19.1 Å². The fraction of sp³-hybridized carbons (Fsp3) is 0.200. The van der Waals surface area contributed by atoms with Gasteiger partial charge in [0.25, 0.3) is 0 Å². The van der Waals surface area contributed by atoms with Gasteiger partial charge < -0.3 is 5.73 Å². The molecule has 0 amide bonds. The standard InChI is InChI=1S/C15H13F3N2O/c16-15(17,18)13-5-6-20-9-12(13)14(21)7-10-3-1-2-4-11(10)8-19/h1-6,9H,7-8,19H2. The van der Waals surface area contributed by atoms with E-state index in [1.165, 1.54) is 0 Å². The van der Waals surface area contributed by atoms with Gasteiger partial charge >= 0.3 is 6.18 Å². The Hall–Kier alpha value is -2.21. The summed E-state index contributed by atoms with van der Waals surface area (Å²) in [5.41, 5.74) is 5.54. The Bertz CT molecular complexity index is 653. The van der Waals surface area contributed by atoms with Gasteiger partial charge in [0.15, 0.2) is 5.78 Å². The Labute approximate surface area is 119 Å². The van der Waals surface area contributed by atoms with Crippen LogP contribution in [0.25, 0.3) is 0 Å². The van der Waals surface area contributed by atoms with Crippen molar-refractivity contribution in [1.29, 1.82) is 0 Å². The van der Waals surface area contributed by atoms with Crippen molar-refractivity contribution in [3.63, 3.8) is 0 Å². The largest absolute Gasteiger partial charge is 0.417 e. The van der Waals surface area contributed by atoms with Crippen LogP contribution in [0.3, 0.4) is 0 Å². The zero-order valence-electron chi connectivity index (χ0n) is 11.0. The van der Waals surface area contributed by atoms with E-state index in [1.54, 1.807) is 24.3 Å². The first kappa shape index (κ1) is 15.2. The number of carbonyl (C=O) groups is 1. The van der Waals surface area contributed by atoms with Crippen LogP contribution in [-0.4, -0.2) is 10.8 Å². The third-order valence-corrected chi connectivity index (χ3v) is 3.12. The quantitative estimate of drug-likeness (QED) is 0.882. The summed E-state index contributed by atoms with van der Waals surface area (Å²) in [6.45, 7) is 0.225. The number of aromatic nitrogens is 1. The van der Waals surface area contributed by atoms with E-state index in [-0.39, 0.29) is 13.0 Å². The van der Waals surface area contributed by atoms with Crippen molar-refractivity contribution >= 4 is 5.78 Å². The molecule has 2 aromatic rings. The Kier molecular flexibility index (Phi) is 4.37. The van der Waals surface area contributed by atoms with Gasteiger partial charge in [0.2, 0.25) is 0 Å². The lowest BCUT2D eigenvalue weighted by molar-refractivity contribution is -0.138. The second-order valence-corrected chi connectivity index (χ2v) is 4.49. The molecule has 0 spiro atoms. The molecule has 0 saturated carbocycles. The third-order valence-electron chi connectivity index (χ3n) is 3.12. The van der Waals surface area contributed by atoms with Crippen LogP contribution in [0.1, 0.15) is 27.0 Å². The molecule has 0 aliphatic carbocycles. The fourth-order valence-electron chi connectivity index (χ4n) is 2.06. The van der Waals surface area contributed by atoms with E-state index < -0.39 is 23.1 Å². The number of halogens is 3. The number of benzene rings is 1. The molecule has 0 unspecified atom stereocenters. The highest BCUT2D eigenvalue weighted by molar-refractivity contribution is 5.98. The number of carbonyl (C=O) groups excluding carboxylic acids is 1. The van der Waals surface area contributed by atoms with Crippen LogP contribution in [0.2, 0.25) is 0 Å². The number of ketones is 1. The van der Waals surface area contributed by atoms with Crippen molar-refractivity contribution < 1.29 is 18.0 Å². The van der Waals surface area contributed by atoms with Gasteiger partial charge in [0.1, 0.15) is 0 Å². The Morgan fingerprint density at radius 1 is 1.14 bits per heavy atom. The molecular formula is C15H13F3N2O. The number of Topliss-reactive ketones (excluding diaryl/α,β-unsaturated/α-hetero) is 1. The monoisotopic (exact) mass is 294 g/mol. The van der Waals surface area contributed by atoms with Gasteiger partial charge in [-0.25, -0.2) is 0 Å². The molecule has 0 bridgehead atoms. The van der Waals surface area contributed by atoms with E-state index in [1.807, 2.05) is 0 Å². The minimum atomic E-state index is -4.58. The molecule has 3 nitrogen and oxygen atoms in total. The summed E-state index contributed by atoms with van der Waals surface area (Å²) in [4.78, 5) is 15.8. The molecule has 2 rings (SSSR count). The number of hydrogen-bond donors (Lipinski definition) is 1. The molecule has 21 heavy (non-hydrogen) atoms. The number of hydrogen-bond acceptors (Lipinski definition) is 3. The van der Waals surface area contributed by atoms with Gasteiger partial charge in [-0.15, -0.1) is 0 Å². The van der Waals surface area contributed by atoms with E-state index in [0.717, 1.165) is 24.0 Å². The van der Waals surface area contributed by atoms with Gasteiger partial charge in [0, 0.05) is 30.9 Å². The second kappa shape index (κ2) is 6.05. The molecule has 110 valence electrons. The van der Waals surface area contributed by atoms with Gasteiger partial charge in [-0.1, -0.05) is 24.3 Å². The normalized spacial score (nSPS) is 11.4. The summed E-state index contributed by atoms with van der Waals surface area (Å²) in [7, 11) is 0. The second-order valence-electron chi connectivity index (χ2n) is 4.49. The smallest absolute Gasteiger partial charge is 0.326 e. The summed E-state index contributed by atoms with van der Waals surface area (Å²) in [5.74, 6) is -0.628. The van der Waals surface area contributed by atoms with E-state index in [2.05, 4.69) is 4.98 Å². The van der Waals surface area contributed by atoms with E-state index in [9.17, 15) is 18.0 Å². The fourth-order valence-corrected chi connectivity index (χ4v) is 2.06. The summed E-state index contributed by atoms with van der Waals surface area (Å²) < 4.78 is 38.7. The van der Waals surface area contributed by atoms with Gasteiger partial charge in [-0.2, -0.15) is 13.2 Å². The van der Waals surface area contributed by atoms with Crippen molar-refractivity contribution in [3.05, 3.63) is 65.0 Å². The highest BCUT2D eigenvalue weighted by atomic mass is 19.4. The van der Waals surface area contributed by atoms with Crippen molar-refractivity contribution in [2.24, 2.45) is 5.73 Å². The lowest BCUT2D eigenvalue weighted by Gasteiger charge is -2.12. The average molecular weight is 294 g/mol. The van der Waals surface area contributed by atoms with Crippen LogP contribution in [-0.2, 0) is 19.1 Å². The molecule has 1 aromatic carbocycles. The van der Waals surface area contributed by atoms with Crippen LogP contribution in [0, 0.1) is 0 Å². The predicted octanol–water partition coefficient (Wildman–Crippen LogP) is 2.98. The molecular weight excluding hydrogens is 281 g/mol. The van der Waals surface area contributed by atoms with Crippen molar-refractivity contribution in [2.75, 3.05) is 0 Å². The predicted molar refractivity (Wildman–Crippen MR) is 71.6 cm³/mol. The molecule has 1 aromatic heterocycles. The number of nitrogens with two attached hydrogens (primary N) is 1. The molecule has 1 heterocycles. The zero-order valence-corrected chi connectivity index (χ0v) is 11.0. The molecule has 0 saturated heterocycles. The molecule has 0 radical (unpaired) electrons. The zero-order chi connectivity index (χ0) is 15.5. The van der Waals surface area contributed by atoms with Crippen LogP contribution in [0.4, 0.5) is 13.2 Å². The molecule has 2 N–H and O–H groups in total. The van der Waals surface area contributed by atoms with Crippen molar-refractivity contribution in [1.82, 2.24) is 4.98 Å². The van der Waals surface area contributed by atoms with Crippen LogP contribution >= 0.6 is 0 Å². The van der Waals surface area contributed by atoms with Crippen molar-refractivity contribution in [3.8, 4) is 0 Å². The minimum Gasteiger partial charge on any atom is -0.326 e. The lowest BCUT2D eigenvalue weighted by atomic mass is 9.97. The Balaban J connectivity index is 2.34. The topological polar surface area (TPSA) is 56.0 Å². The molecule has 0 atom stereocenters. The maximum atomic E-state index is 12.9. The SMILES string of the molecule is NCc1ccccc1CC(=O)c1cnccc1C(F)(F)F. The Morgan fingerprint density at radius 2 is 1.81 bits per heavy atom. The molecule has 0 aliphatic heterocycles. The van der Waals surface area contributed by atoms with E-state index in [4.69, 9.17) is 5.73 Å². The number of alkyl halides is 3. The van der Waals surface area contributed by atoms with Gasteiger partial charge in [0.05, 0.1) is 5.56 Å². The molecule has 6 heteroatoms. The number of pyridine rings is 1. The van der Waals surface area contributed by atoms with Crippen LogP contribution in [0.5, 0.6) is 0 Å². The molecule has 0 aliphatic rings. The van der Waals surface area contributed by atoms with Crippen LogP contribution < -0.4 is 5.73 Å². The van der Waals surface area contributed by atoms with Gasteiger partial charge in [-0.05, 0) is 17.2 Å². The minimum absolute atomic E-state index is 0.137. The highest BCUT2D eigenvalue weighted by Crippen LogP contribution is 2.32. The number of nitrogens with zero attached hydrogens (tertiary/aromatic N) is 1. The highest BCUT2D eigenvalue weighted by Gasteiger charge is 2.35. The summed E-state index contributed by atoms with van der Waals surface area (Å²) in [6, 6.07) is 7.72. The first-order valence-electron chi connectivity index (χ1n) is 6.24. The molecule has 0 fully saturated rings.